The lowest BCUT2D eigenvalue weighted by atomic mass is 9.72. The molecule has 1 aliphatic heterocycles. The van der Waals surface area contributed by atoms with E-state index < -0.39 is 0 Å². The number of rotatable bonds is 5. The highest BCUT2D eigenvalue weighted by Gasteiger charge is 2.28. The second kappa shape index (κ2) is 7.23. The van der Waals surface area contributed by atoms with E-state index in [0.29, 0.717) is 5.41 Å². The first-order chi connectivity index (χ1) is 10.7. The zero-order chi connectivity index (χ0) is 17.1. The number of piperazine rings is 1. The van der Waals surface area contributed by atoms with Gasteiger partial charge in [0, 0.05) is 38.3 Å². The first-order valence-corrected chi connectivity index (χ1v) is 8.82. The summed E-state index contributed by atoms with van der Waals surface area (Å²) in [6, 6.07) is 6.76. The lowest BCUT2D eigenvalue weighted by Crippen LogP contribution is -2.43. The second-order valence-electron chi connectivity index (χ2n) is 8.67. The van der Waals surface area contributed by atoms with E-state index in [2.05, 4.69) is 63.0 Å². The molecule has 1 aliphatic rings. The van der Waals surface area contributed by atoms with Gasteiger partial charge in [0.25, 0.3) is 0 Å². The molecule has 1 aromatic rings. The Labute approximate surface area is 142 Å². The molecular formula is C20H34N2O. The highest BCUT2D eigenvalue weighted by atomic mass is 16.5. The van der Waals surface area contributed by atoms with Crippen molar-refractivity contribution in [3.63, 3.8) is 0 Å². The van der Waals surface area contributed by atoms with E-state index in [4.69, 9.17) is 4.74 Å². The summed E-state index contributed by atoms with van der Waals surface area (Å²) in [4.78, 5) is 2.51. The summed E-state index contributed by atoms with van der Waals surface area (Å²) in [7, 11) is 1.77. The minimum Gasteiger partial charge on any atom is -0.496 e. The maximum atomic E-state index is 5.61. The van der Waals surface area contributed by atoms with Gasteiger partial charge in [0.15, 0.2) is 0 Å². The molecule has 0 amide bonds. The smallest absolute Gasteiger partial charge is 0.123 e. The second-order valence-corrected chi connectivity index (χ2v) is 8.67. The van der Waals surface area contributed by atoms with Gasteiger partial charge in [-0.05, 0) is 28.9 Å². The van der Waals surface area contributed by atoms with Crippen LogP contribution in [0.5, 0.6) is 5.75 Å². The fraction of sp³-hybridized carbons (Fsp3) is 0.700. The van der Waals surface area contributed by atoms with Crippen LogP contribution in [0.3, 0.4) is 0 Å². The summed E-state index contributed by atoms with van der Waals surface area (Å²) in [5.74, 6) is 1.01. The fourth-order valence-corrected chi connectivity index (χ4v) is 3.86. The van der Waals surface area contributed by atoms with Gasteiger partial charge in [0.2, 0.25) is 0 Å². The molecule has 3 heteroatoms. The molecule has 2 rings (SSSR count). The molecule has 0 aliphatic carbocycles. The van der Waals surface area contributed by atoms with Crippen LogP contribution in [0.1, 0.15) is 52.2 Å². The molecule has 0 aromatic heterocycles. The largest absolute Gasteiger partial charge is 0.496 e. The molecule has 1 fully saturated rings. The molecule has 1 aromatic carbocycles. The summed E-state index contributed by atoms with van der Waals surface area (Å²) in [6.07, 6.45) is 1.17. The summed E-state index contributed by atoms with van der Waals surface area (Å²) in [5.41, 5.74) is 3.22. The van der Waals surface area contributed by atoms with E-state index in [-0.39, 0.29) is 5.41 Å². The molecule has 0 unspecified atom stereocenters. The normalized spacial score (nSPS) is 17.3. The van der Waals surface area contributed by atoms with Crippen LogP contribution in [0, 0.1) is 5.41 Å². The van der Waals surface area contributed by atoms with Crippen LogP contribution in [0.15, 0.2) is 18.2 Å². The Kier molecular flexibility index (Phi) is 5.74. The molecule has 0 atom stereocenters. The third-order valence-electron chi connectivity index (χ3n) is 4.64. The lowest BCUT2D eigenvalue weighted by molar-refractivity contribution is 0.229. The van der Waals surface area contributed by atoms with Crippen molar-refractivity contribution in [3.8, 4) is 5.75 Å². The minimum absolute atomic E-state index is 0.169. The van der Waals surface area contributed by atoms with Gasteiger partial charge < -0.3 is 10.1 Å². The molecule has 1 saturated heterocycles. The highest BCUT2D eigenvalue weighted by molar-refractivity contribution is 5.40. The number of hydrogen-bond donors (Lipinski definition) is 1. The third kappa shape index (κ3) is 5.22. The fourth-order valence-electron chi connectivity index (χ4n) is 3.86. The van der Waals surface area contributed by atoms with Gasteiger partial charge in [0.1, 0.15) is 5.75 Å². The van der Waals surface area contributed by atoms with Crippen LogP contribution in [0.2, 0.25) is 0 Å². The van der Waals surface area contributed by atoms with E-state index in [1.807, 2.05) is 0 Å². The maximum Gasteiger partial charge on any atom is 0.123 e. The van der Waals surface area contributed by atoms with Gasteiger partial charge in [-0.1, -0.05) is 46.8 Å². The van der Waals surface area contributed by atoms with Gasteiger partial charge in [-0.3, -0.25) is 4.90 Å². The number of methoxy groups -OCH3 is 1. The zero-order valence-corrected chi connectivity index (χ0v) is 15.8. The van der Waals surface area contributed by atoms with E-state index in [1.165, 1.54) is 17.5 Å². The average Bonchev–Trinajstić information content (AvgIpc) is 2.46. The van der Waals surface area contributed by atoms with Crippen LogP contribution in [-0.2, 0) is 12.0 Å². The predicted octanol–water partition coefficient (Wildman–Crippen LogP) is 3.81. The van der Waals surface area contributed by atoms with E-state index in [0.717, 1.165) is 38.5 Å². The average molecular weight is 319 g/mol. The van der Waals surface area contributed by atoms with E-state index in [9.17, 15) is 0 Å². The maximum absolute atomic E-state index is 5.61. The molecule has 23 heavy (non-hydrogen) atoms. The molecular weight excluding hydrogens is 284 g/mol. The monoisotopic (exact) mass is 318 g/mol. The molecule has 0 saturated carbocycles. The topological polar surface area (TPSA) is 24.5 Å². The molecule has 3 nitrogen and oxygen atoms in total. The Morgan fingerprint density at radius 1 is 1.09 bits per heavy atom. The van der Waals surface area contributed by atoms with Crippen LogP contribution in [0.25, 0.3) is 0 Å². The van der Waals surface area contributed by atoms with Gasteiger partial charge >= 0.3 is 0 Å². The number of benzene rings is 1. The molecule has 0 bridgehead atoms. The Hall–Kier alpha value is -1.06. The van der Waals surface area contributed by atoms with Crippen molar-refractivity contribution in [3.05, 3.63) is 29.3 Å². The summed E-state index contributed by atoms with van der Waals surface area (Å²) in [5, 5.41) is 3.42. The van der Waals surface area contributed by atoms with Gasteiger partial charge in [0.05, 0.1) is 7.11 Å². The van der Waals surface area contributed by atoms with Crippen molar-refractivity contribution < 1.29 is 4.74 Å². The Bertz CT molecular complexity index is 511. The summed E-state index contributed by atoms with van der Waals surface area (Å²) in [6.45, 7) is 17.0. The van der Waals surface area contributed by atoms with Crippen molar-refractivity contribution in [2.45, 2.75) is 53.0 Å². The van der Waals surface area contributed by atoms with E-state index >= 15 is 0 Å². The van der Waals surface area contributed by atoms with Gasteiger partial charge in [-0.2, -0.15) is 0 Å². The molecule has 130 valence electrons. The molecule has 0 radical (unpaired) electrons. The standard InChI is InChI=1S/C20H34N2O/c1-19(2,3)15-20(4,5)17-7-8-18(23-6)16(13-17)14-22-11-9-21-10-12-22/h7-8,13,21H,9-12,14-15H2,1-6H3. The number of ether oxygens (including phenoxy) is 1. The van der Waals surface area contributed by atoms with Crippen LogP contribution in [0.4, 0.5) is 0 Å². The lowest BCUT2D eigenvalue weighted by Gasteiger charge is -2.34. The van der Waals surface area contributed by atoms with Crippen LogP contribution in [-0.4, -0.2) is 38.2 Å². The van der Waals surface area contributed by atoms with Crippen molar-refractivity contribution >= 4 is 0 Å². The summed E-state index contributed by atoms with van der Waals surface area (Å²) >= 11 is 0. The number of nitrogens with one attached hydrogen (secondary N) is 1. The van der Waals surface area contributed by atoms with E-state index in [1.54, 1.807) is 7.11 Å². The van der Waals surface area contributed by atoms with Crippen molar-refractivity contribution in [1.29, 1.82) is 0 Å². The Morgan fingerprint density at radius 3 is 2.30 bits per heavy atom. The molecule has 1 N–H and O–H groups in total. The van der Waals surface area contributed by atoms with Crippen LogP contribution < -0.4 is 10.1 Å². The quantitative estimate of drug-likeness (QED) is 0.893. The first kappa shape index (κ1) is 18.3. The predicted molar refractivity (Wildman–Crippen MR) is 98.2 cm³/mol. The van der Waals surface area contributed by atoms with Crippen LogP contribution >= 0.6 is 0 Å². The van der Waals surface area contributed by atoms with Crippen molar-refractivity contribution in [2.24, 2.45) is 5.41 Å². The van der Waals surface area contributed by atoms with Gasteiger partial charge in [-0.15, -0.1) is 0 Å². The van der Waals surface area contributed by atoms with Gasteiger partial charge in [-0.25, -0.2) is 0 Å². The number of nitrogens with zero attached hydrogens (tertiary/aromatic N) is 1. The third-order valence-corrected chi connectivity index (χ3v) is 4.64. The first-order valence-electron chi connectivity index (χ1n) is 8.82. The highest BCUT2D eigenvalue weighted by Crippen LogP contribution is 2.37. The minimum atomic E-state index is 0.169. The molecule has 0 spiro atoms. The van der Waals surface area contributed by atoms with Crippen molar-refractivity contribution in [2.75, 3.05) is 33.3 Å². The zero-order valence-electron chi connectivity index (χ0n) is 15.8. The Morgan fingerprint density at radius 2 is 1.74 bits per heavy atom. The number of hydrogen-bond acceptors (Lipinski definition) is 3. The Balaban J connectivity index is 2.23. The van der Waals surface area contributed by atoms with Crippen molar-refractivity contribution in [1.82, 2.24) is 10.2 Å². The summed E-state index contributed by atoms with van der Waals surface area (Å²) < 4.78 is 5.61. The molecule has 1 heterocycles. The SMILES string of the molecule is COc1ccc(C(C)(C)CC(C)(C)C)cc1CN1CCNCC1.